The molecule has 78 valence electrons. The van der Waals surface area contributed by atoms with Crippen LogP contribution in [0.25, 0.3) is 0 Å². The highest BCUT2D eigenvalue weighted by Crippen LogP contribution is 2.06. The lowest BCUT2D eigenvalue weighted by molar-refractivity contribution is 1.03. The Morgan fingerprint density at radius 3 is 2.53 bits per heavy atom. The van der Waals surface area contributed by atoms with Crippen molar-refractivity contribution >= 4 is 11.6 Å². The maximum absolute atomic E-state index is 4.03. The fourth-order valence-corrected chi connectivity index (χ4v) is 0.863. The van der Waals surface area contributed by atoms with E-state index in [0.717, 1.165) is 0 Å². The fourth-order valence-electron chi connectivity index (χ4n) is 0.863. The second-order valence-corrected chi connectivity index (χ2v) is 2.32. The highest BCUT2D eigenvalue weighted by molar-refractivity contribution is 5.48. The number of nitrogens with zero attached hydrogens (tertiary/aromatic N) is 4. The van der Waals surface area contributed by atoms with Gasteiger partial charge in [0, 0.05) is 18.6 Å². The molecule has 0 saturated heterocycles. The first-order valence-corrected chi connectivity index (χ1v) is 4.76. The molecule has 2 heterocycles. The van der Waals surface area contributed by atoms with Gasteiger partial charge >= 0.3 is 0 Å². The zero-order chi connectivity index (χ0) is 10.9. The number of rotatable bonds is 2. The molecular weight excluding hydrogens is 190 g/mol. The van der Waals surface area contributed by atoms with Crippen molar-refractivity contribution in [2.75, 3.05) is 5.32 Å². The molecule has 0 atom stereocenters. The third kappa shape index (κ3) is 3.68. The third-order valence-corrected chi connectivity index (χ3v) is 1.39. The van der Waals surface area contributed by atoms with E-state index in [1.165, 1.54) is 0 Å². The van der Waals surface area contributed by atoms with E-state index in [1.54, 1.807) is 30.9 Å². The van der Waals surface area contributed by atoms with Crippen LogP contribution in [0, 0.1) is 0 Å². The van der Waals surface area contributed by atoms with E-state index in [4.69, 9.17) is 0 Å². The van der Waals surface area contributed by atoms with Crippen LogP contribution in [0.4, 0.5) is 11.6 Å². The molecule has 0 aliphatic heterocycles. The molecule has 0 amide bonds. The molecule has 0 saturated carbocycles. The Balaban J connectivity index is 0.000000531. The Bertz CT molecular complexity index is 325. The van der Waals surface area contributed by atoms with Crippen molar-refractivity contribution in [1.29, 1.82) is 0 Å². The van der Waals surface area contributed by atoms with E-state index in [0.29, 0.717) is 11.6 Å². The molecule has 0 spiro atoms. The molecule has 0 bridgehead atoms. The Morgan fingerprint density at radius 2 is 1.93 bits per heavy atom. The van der Waals surface area contributed by atoms with Gasteiger partial charge in [-0.25, -0.2) is 4.98 Å². The first-order valence-electron chi connectivity index (χ1n) is 4.76. The molecule has 0 unspecified atom stereocenters. The molecule has 2 rings (SSSR count). The summed E-state index contributed by atoms with van der Waals surface area (Å²) in [5, 5.41) is 10.5. The van der Waals surface area contributed by atoms with Gasteiger partial charge in [-0.1, -0.05) is 13.8 Å². The van der Waals surface area contributed by atoms with Crippen molar-refractivity contribution in [1.82, 2.24) is 20.2 Å². The highest BCUT2D eigenvalue weighted by atomic mass is 15.2. The van der Waals surface area contributed by atoms with Crippen molar-refractivity contribution in [2.45, 2.75) is 13.8 Å². The lowest BCUT2D eigenvalue weighted by atomic mass is 10.5. The van der Waals surface area contributed by atoms with Gasteiger partial charge in [0.2, 0.25) is 0 Å². The van der Waals surface area contributed by atoms with E-state index in [-0.39, 0.29) is 0 Å². The van der Waals surface area contributed by atoms with Crippen LogP contribution in [0.15, 0.2) is 36.9 Å². The predicted molar refractivity (Wildman–Crippen MR) is 58.7 cm³/mol. The number of hydrogen-bond acceptors (Lipinski definition) is 5. The van der Waals surface area contributed by atoms with Gasteiger partial charge in [-0.05, 0) is 12.1 Å². The minimum atomic E-state index is 0.656. The van der Waals surface area contributed by atoms with Gasteiger partial charge in [0.15, 0.2) is 5.82 Å². The number of hydrogen-bond donors (Lipinski definition) is 1. The average Bonchev–Trinajstić information content (AvgIpc) is 2.34. The SMILES string of the molecule is CC.c1cnnc(Nc2cnccn2)c1. The minimum Gasteiger partial charge on any atom is -0.322 e. The van der Waals surface area contributed by atoms with E-state index in [1.807, 2.05) is 19.9 Å². The third-order valence-electron chi connectivity index (χ3n) is 1.39. The van der Waals surface area contributed by atoms with Gasteiger partial charge in [0.25, 0.3) is 0 Å². The predicted octanol–water partition coefficient (Wildman–Crippen LogP) is 2.04. The molecule has 1 N–H and O–H groups in total. The summed E-state index contributed by atoms with van der Waals surface area (Å²) in [6.07, 6.45) is 6.46. The summed E-state index contributed by atoms with van der Waals surface area (Å²) in [7, 11) is 0. The second-order valence-electron chi connectivity index (χ2n) is 2.32. The second kappa shape index (κ2) is 6.42. The Labute approximate surface area is 88.6 Å². The van der Waals surface area contributed by atoms with E-state index in [9.17, 15) is 0 Å². The monoisotopic (exact) mass is 203 g/mol. The van der Waals surface area contributed by atoms with Gasteiger partial charge < -0.3 is 5.32 Å². The zero-order valence-corrected chi connectivity index (χ0v) is 8.75. The molecule has 0 radical (unpaired) electrons. The summed E-state index contributed by atoms with van der Waals surface area (Å²) >= 11 is 0. The lowest BCUT2D eigenvalue weighted by Crippen LogP contribution is -1.96. The summed E-state index contributed by atoms with van der Waals surface area (Å²) in [6.45, 7) is 4.00. The smallest absolute Gasteiger partial charge is 0.154 e. The summed E-state index contributed by atoms with van der Waals surface area (Å²) in [4.78, 5) is 7.94. The van der Waals surface area contributed by atoms with Crippen molar-refractivity contribution in [2.24, 2.45) is 0 Å². The first-order chi connectivity index (χ1) is 7.45. The Hall–Kier alpha value is -2.04. The molecular formula is C10H13N5. The number of aromatic nitrogens is 4. The molecule has 5 nitrogen and oxygen atoms in total. The van der Waals surface area contributed by atoms with Gasteiger partial charge in [0.05, 0.1) is 6.20 Å². The summed E-state index contributed by atoms with van der Waals surface area (Å²) in [5.74, 6) is 1.31. The largest absolute Gasteiger partial charge is 0.322 e. The first kappa shape index (κ1) is 11.0. The zero-order valence-electron chi connectivity index (χ0n) is 8.75. The number of anilines is 2. The number of nitrogens with one attached hydrogen (secondary N) is 1. The van der Waals surface area contributed by atoms with Crippen molar-refractivity contribution in [3.05, 3.63) is 36.9 Å². The molecule has 0 aromatic carbocycles. The average molecular weight is 203 g/mol. The lowest BCUT2D eigenvalue weighted by Gasteiger charge is -2.00. The standard InChI is InChI=1S/C8H7N5.C2H6/c1-2-7(13-11-3-1)12-8-6-9-4-5-10-8;1-2/h1-6H,(H,10,12,13);1-2H3. The van der Waals surface area contributed by atoms with E-state index in [2.05, 4.69) is 25.5 Å². The molecule has 5 heteroatoms. The summed E-state index contributed by atoms with van der Waals surface area (Å²) in [6, 6.07) is 3.60. The van der Waals surface area contributed by atoms with Crippen LogP contribution >= 0.6 is 0 Å². The van der Waals surface area contributed by atoms with E-state index < -0.39 is 0 Å². The highest BCUT2D eigenvalue weighted by Gasteiger charge is 1.94. The quantitative estimate of drug-likeness (QED) is 0.809. The van der Waals surface area contributed by atoms with Crippen LogP contribution in [0.1, 0.15) is 13.8 Å². The topological polar surface area (TPSA) is 63.6 Å². The van der Waals surface area contributed by atoms with Gasteiger partial charge in [-0.2, -0.15) is 5.10 Å². The molecule has 0 aliphatic carbocycles. The van der Waals surface area contributed by atoms with Crippen LogP contribution in [-0.2, 0) is 0 Å². The van der Waals surface area contributed by atoms with Crippen molar-refractivity contribution < 1.29 is 0 Å². The van der Waals surface area contributed by atoms with Crippen molar-refractivity contribution in [3.63, 3.8) is 0 Å². The van der Waals surface area contributed by atoms with Gasteiger partial charge in [-0.15, -0.1) is 5.10 Å². The van der Waals surface area contributed by atoms with Crippen molar-refractivity contribution in [3.8, 4) is 0 Å². The Morgan fingerprint density at radius 1 is 1.07 bits per heavy atom. The maximum atomic E-state index is 4.03. The fraction of sp³-hybridized carbons (Fsp3) is 0.200. The van der Waals surface area contributed by atoms with Gasteiger partial charge in [0.1, 0.15) is 5.82 Å². The van der Waals surface area contributed by atoms with Crippen LogP contribution in [0.2, 0.25) is 0 Å². The summed E-state index contributed by atoms with van der Waals surface area (Å²) < 4.78 is 0. The molecule has 0 fully saturated rings. The minimum absolute atomic E-state index is 0.656. The van der Waals surface area contributed by atoms with Crippen LogP contribution < -0.4 is 5.32 Å². The Kier molecular flexibility index (Phi) is 4.72. The molecule has 15 heavy (non-hydrogen) atoms. The molecule has 0 aliphatic rings. The molecule has 2 aromatic rings. The van der Waals surface area contributed by atoms with Crippen LogP contribution in [0.5, 0.6) is 0 Å². The van der Waals surface area contributed by atoms with Crippen LogP contribution in [0.3, 0.4) is 0 Å². The normalized spacial score (nSPS) is 8.67. The molecule has 2 aromatic heterocycles. The van der Waals surface area contributed by atoms with E-state index >= 15 is 0 Å². The van der Waals surface area contributed by atoms with Gasteiger partial charge in [-0.3, -0.25) is 4.98 Å². The van der Waals surface area contributed by atoms with Crippen LogP contribution in [-0.4, -0.2) is 20.2 Å². The summed E-state index contributed by atoms with van der Waals surface area (Å²) in [5.41, 5.74) is 0. The maximum Gasteiger partial charge on any atom is 0.154 e.